The highest BCUT2D eigenvalue weighted by Crippen LogP contribution is 2.25. The van der Waals surface area contributed by atoms with E-state index in [0.29, 0.717) is 12.8 Å². The molecule has 0 amide bonds. The lowest BCUT2D eigenvalue weighted by Crippen LogP contribution is -2.43. The van der Waals surface area contributed by atoms with E-state index in [9.17, 15) is 4.79 Å². The van der Waals surface area contributed by atoms with E-state index in [-0.39, 0.29) is 18.1 Å². The van der Waals surface area contributed by atoms with Crippen LogP contribution in [0.1, 0.15) is 19.3 Å². The van der Waals surface area contributed by atoms with Crippen molar-refractivity contribution in [1.29, 1.82) is 0 Å². The maximum Gasteiger partial charge on any atom is 0.306 e. The maximum absolute atomic E-state index is 10.6. The number of carboxylic acids is 1. The molecule has 3 atom stereocenters. The molecule has 1 aliphatic carbocycles. The Labute approximate surface area is 71.7 Å². The van der Waals surface area contributed by atoms with Crippen LogP contribution in [-0.4, -0.2) is 30.3 Å². The van der Waals surface area contributed by atoms with E-state index >= 15 is 0 Å². The fourth-order valence-corrected chi connectivity index (χ4v) is 1.65. The van der Waals surface area contributed by atoms with Crippen LogP contribution in [0.3, 0.4) is 0 Å². The third-order valence-electron chi connectivity index (χ3n) is 2.49. The summed E-state index contributed by atoms with van der Waals surface area (Å²) in [6.45, 7) is 0. The number of ether oxygens (including phenoxy) is 1. The molecular formula is C8H15NO3. The zero-order chi connectivity index (χ0) is 9.14. The van der Waals surface area contributed by atoms with Gasteiger partial charge in [-0.25, -0.2) is 0 Å². The van der Waals surface area contributed by atoms with Gasteiger partial charge in [0.2, 0.25) is 0 Å². The quantitative estimate of drug-likeness (QED) is 0.626. The molecule has 0 bridgehead atoms. The first-order valence-corrected chi connectivity index (χ1v) is 4.16. The molecule has 0 aliphatic heterocycles. The number of hydrogen-bond donors (Lipinski definition) is 2. The van der Waals surface area contributed by atoms with Crippen LogP contribution in [0, 0.1) is 5.92 Å². The Morgan fingerprint density at radius 2 is 2.25 bits per heavy atom. The van der Waals surface area contributed by atoms with Gasteiger partial charge in [0.15, 0.2) is 0 Å². The Kier molecular flexibility index (Phi) is 3.05. The van der Waals surface area contributed by atoms with Gasteiger partial charge in [-0.05, 0) is 19.3 Å². The van der Waals surface area contributed by atoms with E-state index in [1.165, 1.54) is 0 Å². The molecule has 0 aromatic rings. The first-order valence-electron chi connectivity index (χ1n) is 4.16. The number of carboxylic acid groups (broad SMARTS) is 1. The van der Waals surface area contributed by atoms with Crippen LogP contribution in [0.2, 0.25) is 0 Å². The topological polar surface area (TPSA) is 72.5 Å². The average molecular weight is 173 g/mol. The summed E-state index contributed by atoms with van der Waals surface area (Å²) in [7, 11) is 1.58. The van der Waals surface area contributed by atoms with Crippen LogP contribution in [0.25, 0.3) is 0 Å². The zero-order valence-corrected chi connectivity index (χ0v) is 7.19. The van der Waals surface area contributed by atoms with Crippen molar-refractivity contribution in [2.75, 3.05) is 7.11 Å². The van der Waals surface area contributed by atoms with Crippen LogP contribution >= 0.6 is 0 Å². The molecular weight excluding hydrogens is 158 g/mol. The minimum absolute atomic E-state index is 0.00519. The molecule has 12 heavy (non-hydrogen) atoms. The average Bonchev–Trinajstić information content (AvgIpc) is 2.05. The van der Waals surface area contributed by atoms with Crippen molar-refractivity contribution in [3.63, 3.8) is 0 Å². The summed E-state index contributed by atoms with van der Waals surface area (Å²) in [5.41, 5.74) is 5.73. The number of hydrogen-bond acceptors (Lipinski definition) is 3. The van der Waals surface area contributed by atoms with Crippen molar-refractivity contribution in [1.82, 2.24) is 0 Å². The van der Waals surface area contributed by atoms with Crippen molar-refractivity contribution in [3.05, 3.63) is 0 Å². The van der Waals surface area contributed by atoms with Gasteiger partial charge in [0.25, 0.3) is 0 Å². The van der Waals surface area contributed by atoms with Gasteiger partial charge in [-0.2, -0.15) is 0 Å². The SMILES string of the molecule is CO[C@H]1C[C@@H](C(=O)O)CC[C@@H]1N. The van der Waals surface area contributed by atoms with Crippen LogP contribution in [-0.2, 0) is 9.53 Å². The van der Waals surface area contributed by atoms with Gasteiger partial charge in [-0.15, -0.1) is 0 Å². The first kappa shape index (κ1) is 9.48. The zero-order valence-electron chi connectivity index (χ0n) is 7.19. The number of aliphatic carboxylic acids is 1. The van der Waals surface area contributed by atoms with Gasteiger partial charge >= 0.3 is 5.97 Å². The lowest BCUT2D eigenvalue weighted by Gasteiger charge is -2.30. The van der Waals surface area contributed by atoms with Gasteiger partial charge in [0, 0.05) is 13.2 Å². The summed E-state index contributed by atoms with van der Waals surface area (Å²) < 4.78 is 5.10. The van der Waals surface area contributed by atoms with E-state index in [1.54, 1.807) is 7.11 Å². The van der Waals surface area contributed by atoms with Crippen LogP contribution in [0.15, 0.2) is 0 Å². The predicted molar refractivity (Wildman–Crippen MR) is 43.7 cm³/mol. The van der Waals surface area contributed by atoms with E-state index in [2.05, 4.69) is 0 Å². The highest BCUT2D eigenvalue weighted by Gasteiger charge is 2.31. The second-order valence-electron chi connectivity index (χ2n) is 3.29. The normalized spacial score (nSPS) is 36.3. The van der Waals surface area contributed by atoms with E-state index in [0.717, 1.165) is 6.42 Å². The molecule has 0 spiro atoms. The van der Waals surface area contributed by atoms with Crippen molar-refractivity contribution in [2.45, 2.75) is 31.4 Å². The highest BCUT2D eigenvalue weighted by atomic mass is 16.5. The molecule has 1 aliphatic rings. The van der Waals surface area contributed by atoms with Crippen LogP contribution < -0.4 is 5.73 Å². The monoisotopic (exact) mass is 173 g/mol. The van der Waals surface area contributed by atoms with Crippen LogP contribution in [0.4, 0.5) is 0 Å². The fourth-order valence-electron chi connectivity index (χ4n) is 1.65. The molecule has 1 fully saturated rings. The second-order valence-corrected chi connectivity index (χ2v) is 3.29. The summed E-state index contributed by atoms with van der Waals surface area (Å²) in [6, 6.07) is 0.00519. The lowest BCUT2D eigenvalue weighted by molar-refractivity contribution is -0.144. The predicted octanol–water partition coefficient (Wildman–Crippen LogP) is 0.213. The number of methoxy groups -OCH3 is 1. The minimum atomic E-state index is -0.732. The molecule has 0 aromatic carbocycles. The fraction of sp³-hybridized carbons (Fsp3) is 0.875. The van der Waals surface area contributed by atoms with Gasteiger partial charge in [-0.1, -0.05) is 0 Å². The van der Waals surface area contributed by atoms with Crippen molar-refractivity contribution < 1.29 is 14.6 Å². The first-order chi connectivity index (χ1) is 5.65. The Hall–Kier alpha value is -0.610. The van der Waals surface area contributed by atoms with E-state index in [1.807, 2.05) is 0 Å². The molecule has 0 heterocycles. The molecule has 0 radical (unpaired) electrons. The van der Waals surface area contributed by atoms with Crippen molar-refractivity contribution in [2.24, 2.45) is 11.7 Å². The Balaban J connectivity index is 2.49. The van der Waals surface area contributed by atoms with Gasteiger partial charge in [0.05, 0.1) is 12.0 Å². The van der Waals surface area contributed by atoms with Gasteiger partial charge < -0.3 is 15.6 Å². The standard InChI is InChI=1S/C8H15NO3/c1-12-7-4-5(8(10)11)2-3-6(7)9/h5-7H,2-4,9H2,1H3,(H,10,11)/t5-,6-,7-/m0/s1. The maximum atomic E-state index is 10.6. The Morgan fingerprint density at radius 1 is 1.58 bits per heavy atom. The summed E-state index contributed by atoms with van der Waals surface area (Å²) in [4.78, 5) is 10.6. The van der Waals surface area contributed by atoms with Gasteiger partial charge in [-0.3, -0.25) is 4.79 Å². The molecule has 0 aromatic heterocycles. The molecule has 4 nitrogen and oxygen atoms in total. The molecule has 1 saturated carbocycles. The van der Waals surface area contributed by atoms with E-state index in [4.69, 9.17) is 15.6 Å². The molecule has 70 valence electrons. The summed E-state index contributed by atoms with van der Waals surface area (Å²) in [5, 5.41) is 8.74. The molecule has 0 unspecified atom stereocenters. The Morgan fingerprint density at radius 3 is 2.75 bits per heavy atom. The van der Waals surface area contributed by atoms with Crippen molar-refractivity contribution >= 4 is 5.97 Å². The minimum Gasteiger partial charge on any atom is -0.481 e. The molecule has 3 N–H and O–H groups in total. The largest absolute Gasteiger partial charge is 0.481 e. The third kappa shape index (κ3) is 1.95. The number of nitrogens with two attached hydrogens (primary N) is 1. The molecule has 4 heteroatoms. The van der Waals surface area contributed by atoms with Crippen molar-refractivity contribution in [3.8, 4) is 0 Å². The molecule has 0 saturated heterocycles. The lowest BCUT2D eigenvalue weighted by atomic mass is 9.84. The molecule has 1 rings (SSSR count). The summed E-state index contributed by atoms with van der Waals surface area (Å²) in [5.74, 6) is -1.00. The summed E-state index contributed by atoms with van der Waals surface area (Å²) >= 11 is 0. The number of rotatable bonds is 2. The Bertz CT molecular complexity index is 172. The smallest absolute Gasteiger partial charge is 0.306 e. The second kappa shape index (κ2) is 3.87. The number of carbonyl (C=O) groups is 1. The summed E-state index contributed by atoms with van der Waals surface area (Å²) in [6.07, 6.45) is 1.89. The third-order valence-corrected chi connectivity index (χ3v) is 2.49. The van der Waals surface area contributed by atoms with Gasteiger partial charge in [0.1, 0.15) is 0 Å². The highest BCUT2D eigenvalue weighted by molar-refractivity contribution is 5.70. The van der Waals surface area contributed by atoms with E-state index < -0.39 is 5.97 Å². The van der Waals surface area contributed by atoms with Crippen LogP contribution in [0.5, 0.6) is 0 Å².